The van der Waals surface area contributed by atoms with Gasteiger partial charge >= 0.3 is 5.91 Å². The molecule has 1 N–H and O–H groups in total. The summed E-state index contributed by atoms with van der Waals surface area (Å²) in [5.74, 6) is -1.02. The van der Waals surface area contributed by atoms with E-state index in [0.29, 0.717) is 11.4 Å². The summed E-state index contributed by atoms with van der Waals surface area (Å²) in [6.45, 7) is 3.84. The minimum absolute atomic E-state index is 0.0712. The van der Waals surface area contributed by atoms with E-state index in [9.17, 15) is 14.4 Å². The summed E-state index contributed by atoms with van der Waals surface area (Å²) in [4.78, 5) is 42.1. The molecule has 0 atom stereocenters. The number of pyridine rings is 1. The molecule has 3 heterocycles. The zero-order valence-corrected chi connectivity index (χ0v) is 19.1. The van der Waals surface area contributed by atoms with Gasteiger partial charge in [0.05, 0.1) is 16.9 Å². The lowest BCUT2D eigenvalue weighted by Crippen LogP contribution is -2.39. The zero-order valence-electron chi connectivity index (χ0n) is 19.1. The van der Waals surface area contributed by atoms with Gasteiger partial charge in [-0.3, -0.25) is 24.2 Å². The Morgan fingerprint density at radius 1 is 0.794 bits per heavy atom. The number of H-pyrrole nitrogens is 1. The van der Waals surface area contributed by atoms with E-state index >= 15 is 0 Å². The number of amides is 2. The number of aryl methyl sites for hydroxylation is 3. The quantitative estimate of drug-likeness (QED) is 0.382. The minimum Gasteiger partial charge on any atom is -0.295 e. The Morgan fingerprint density at radius 2 is 1.50 bits per heavy atom. The predicted molar refractivity (Wildman–Crippen MR) is 130 cm³/mol. The molecule has 0 bridgehead atoms. The van der Waals surface area contributed by atoms with Crippen molar-refractivity contribution in [2.75, 3.05) is 4.90 Å². The number of rotatable bonds is 4. The molecule has 2 aromatic carbocycles. The third-order valence-corrected chi connectivity index (χ3v) is 5.92. The molecule has 5 rings (SSSR count). The van der Waals surface area contributed by atoms with Gasteiger partial charge in [-0.25, -0.2) is 4.90 Å². The van der Waals surface area contributed by atoms with Crippen molar-refractivity contribution in [2.24, 2.45) is 7.05 Å². The van der Waals surface area contributed by atoms with Crippen LogP contribution < -0.4 is 15.0 Å². The third kappa shape index (κ3) is 3.38. The van der Waals surface area contributed by atoms with Crippen LogP contribution in [0.4, 0.5) is 5.69 Å². The molecule has 1 aliphatic rings. The highest BCUT2D eigenvalue weighted by Gasteiger charge is 2.48. The molecule has 0 spiro atoms. The topological polar surface area (TPSA) is 79.1 Å². The van der Waals surface area contributed by atoms with Gasteiger partial charge in [0, 0.05) is 24.2 Å². The molecule has 4 aromatic rings. The van der Waals surface area contributed by atoms with Crippen molar-refractivity contribution in [1.29, 1.82) is 0 Å². The number of aromatic amines is 1. The van der Waals surface area contributed by atoms with Gasteiger partial charge in [-0.15, -0.1) is 0 Å². The molecule has 0 aliphatic carbocycles. The van der Waals surface area contributed by atoms with E-state index in [1.165, 1.54) is 4.68 Å². The first-order valence-corrected chi connectivity index (χ1v) is 10.9. The SMILES string of the molecule is Cc1ccc(N2C(=O)C(c3c(-c4ccccc4)[nH]n(C)c3=O)=C([n+]3cccc(C)c3)C2=O)cc1. The van der Waals surface area contributed by atoms with Crippen molar-refractivity contribution in [3.05, 3.63) is 106 Å². The summed E-state index contributed by atoms with van der Waals surface area (Å²) in [5.41, 5.74) is 3.60. The Morgan fingerprint density at radius 3 is 2.18 bits per heavy atom. The summed E-state index contributed by atoms with van der Waals surface area (Å²) in [6.07, 6.45) is 3.49. The van der Waals surface area contributed by atoms with Gasteiger partial charge in [-0.05, 0) is 32.0 Å². The Kier molecular flexibility index (Phi) is 5.09. The first-order chi connectivity index (χ1) is 16.4. The molecule has 0 saturated carbocycles. The number of nitrogens with one attached hydrogen (secondary N) is 1. The fourth-order valence-corrected chi connectivity index (χ4v) is 4.24. The standard InChI is InChI=1S/C27H22N4O3/c1-17-11-13-20(14-12-17)31-26(33)22(24(27(31)34)30-15-7-8-18(2)16-30)21-23(28-29(3)25(21)32)19-9-5-4-6-10-19/h4-16H,1-3H3/p+1. The monoisotopic (exact) mass is 451 g/mol. The fraction of sp³-hybridized carbons (Fsp3) is 0.111. The van der Waals surface area contributed by atoms with E-state index in [1.54, 1.807) is 42.2 Å². The predicted octanol–water partition coefficient (Wildman–Crippen LogP) is 3.23. The molecule has 1 aliphatic heterocycles. The average Bonchev–Trinajstić information content (AvgIpc) is 3.26. The van der Waals surface area contributed by atoms with Crippen molar-refractivity contribution in [2.45, 2.75) is 13.8 Å². The number of carbonyl (C=O) groups is 2. The number of hydrogen-bond donors (Lipinski definition) is 1. The van der Waals surface area contributed by atoms with Crippen LogP contribution in [-0.4, -0.2) is 21.6 Å². The maximum Gasteiger partial charge on any atom is 0.331 e. The second-order valence-electron chi connectivity index (χ2n) is 8.39. The normalized spacial score (nSPS) is 13.8. The van der Waals surface area contributed by atoms with Crippen LogP contribution in [0.5, 0.6) is 0 Å². The van der Waals surface area contributed by atoms with Crippen molar-refractivity contribution in [1.82, 2.24) is 9.78 Å². The summed E-state index contributed by atoms with van der Waals surface area (Å²) >= 11 is 0. The first-order valence-electron chi connectivity index (χ1n) is 10.9. The highest BCUT2D eigenvalue weighted by atomic mass is 16.2. The summed E-state index contributed by atoms with van der Waals surface area (Å²) in [7, 11) is 1.59. The molecule has 2 aromatic heterocycles. The van der Waals surface area contributed by atoms with Gasteiger partial charge in [0.15, 0.2) is 12.4 Å². The molecule has 34 heavy (non-hydrogen) atoms. The van der Waals surface area contributed by atoms with Crippen LogP contribution in [0.1, 0.15) is 16.7 Å². The maximum absolute atomic E-state index is 13.9. The van der Waals surface area contributed by atoms with Gasteiger partial charge in [-0.2, -0.15) is 4.57 Å². The summed E-state index contributed by atoms with van der Waals surface area (Å²) in [5, 5.41) is 3.07. The van der Waals surface area contributed by atoms with Crippen molar-refractivity contribution < 1.29 is 14.2 Å². The smallest absolute Gasteiger partial charge is 0.295 e. The molecule has 2 amide bonds. The largest absolute Gasteiger partial charge is 0.331 e. The van der Waals surface area contributed by atoms with Crippen LogP contribution in [0.15, 0.2) is 83.9 Å². The van der Waals surface area contributed by atoms with Crippen molar-refractivity contribution in [3.8, 4) is 11.3 Å². The molecule has 0 radical (unpaired) electrons. The Labute approximate surface area is 196 Å². The van der Waals surface area contributed by atoms with Crippen LogP contribution >= 0.6 is 0 Å². The summed E-state index contributed by atoms with van der Waals surface area (Å²) < 4.78 is 2.95. The van der Waals surface area contributed by atoms with E-state index in [1.807, 2.05) is 62.4 Å². The van der Waals surface area contributed by atoms with Crippen LogP contribution in [-0.2, 0) is 16.6 Å². The number of nitrogens with zero attached hydrogens (tertiary/aromatic N) is 3. The van der Waals surface area contributed by atoms with Gasteiger partial charge in [0.1, 0.15) is 5.57 Å². The van der Waals surface area contributed by atoms with E-state index in [2.05, 4.69) is 5.10 Å². The van der Waals surface area contributed by atoms with Gasteiger partial charge in [0.25, 0.3) is 17.2 Å². The van der Waals surface area contributed by atoms with E-state index < -0.39 is 11.8 Å². The minimum atomic E-state index is -0.535. The highest BCUT2D eigenvalue weighted by molar-refractivity contribution is 6.53. The molecule has 0 unspecified atom stereocenters. The Hall–Kier alpha value is -4.52. The lowest BCUT2D eigenvalue weighted by molar-refractivity contribution is -0.577. The number of imide groups is 1. The average molecular weight is 452 g/mol. The number of benzene rings is 2. The van der Waals surface area contributed by atoms with E-state index in [0.717, 1.165) is 21.6 Å². The fourth-order valence-electron chi connectivity index (χ4n) is 4.24. The van der Waals surface area contributed by atoms with Crippen LogP contribution in [0.2, 0.25) is 0 Å². The van der Waals surface area contributed by atoms with Gasteiger partial charge in [0.2, 0.25) is 0 Å². The summed E-state index contributed by atoms with van der Waals surface area (Å²) in [6, 6.07) is 20.2. The Bertz CT molecular complexity index is 1530. The maximum atomic E-state index is 13.9. The van der Waals surface area contributed by atoms with E-state index in [4.69, 9.17) is 0 Å². The van der Waals surface area contributed by atoms with Crippen LogP contribution in [0.25, 0.3) is 22.5 Å². The lowest BCUT2D eigenvalue weighted by atomic mass is 10.0. The molecular formula is C27H23N4O3+. The number of aromatic nitrogens is 3. The third-order valence-electron chi connectivity index (χ3n) is 5.92. The second kappa shape index (κ2) is 8.12. The lowest BCUT2D eigenvalue weighted by Gasteiger charge is -2.14. The zero-order chi connectivity index (χ0) is 24.0. The molecular weight excluding hydrogens is 428 g/mol. The number of hydrogen-bond acceptors (Lipinski definition) is 3. The molecule has 7 heteroatoms. The molecule has 0 fully saturated rings. The molecule has 168 valence electrons. The van der Waals surface area contributed by atoms with Gasteiger partial charge < -0.3 is 0 Å². The Balaban J connectivity index is 1.81. The van der Waals surface area contributed by atoms with Gasteiger partial charge in [-0.1, -0.05) is 48.0 Å². The number of carbonyl (C=O) groups excluding carboxylic acids is 2. The number of anilines is 1. The molecule has 7 nitrogen and oxygen atoms in total. The first kappa shape index (κ1) is 21.3. The molecule has 0 saturated heterocycles. The van der Waals surface area contributed by atoms with Crippen molar-refractivity contribution in [3.63, 3.8) is 0 Å². The highest BCUT2D eigenvalue weighted by Crippen LogP contribution is 2.35. The van der Waals surface area contributed by atoms with Crippen molar-refractivity contribution >= 4 is 28.8 Å². The van der Waals surface area contributed by atoms with Crippen LogP contribution in [0, 0.1) is 13.8 Å². The second-order valence-corrected chi connectivity index (χ2v) is 8.39. The van der Waals surface area contributed by atoms with E-state index in [-0.39, 0.29) is 22.4 Å². The van der Waals surface area contributed by atoms with Crippen LogP contribution in [0.3, 0.4) is 0 Å².